The number of nitrogens with zero attached hydrogens (tertiary/aromatic N) is 3. The van der Waals surface area contributed by atoms with E-state index in [1.807, 2.05) is 30.7 Å². The van der Waals surface area contributed by atoms with Gasteiger partial charge >= 0.3 is 0 Å². The first kappa shape index (κ1) is 18.0. The summed E-state index contributed by atoms with van der Waals surface area (Å²) >= 11 is 1.46. The SMILES string of the molecule is Cc1ccc(-c2nnc(SC(C)C(=O)NC3CCCCC3)n2C)cc1. The summed E-state index contributed by atoms with van der Waals surface area (Å²) in [5.74, 6) is 0.916. The van der Waals surface area contributed by atoms with Crippen molar-refractivity contribution in [3.63, 3.8) is 0 Å². The maximum atomic E-state index is 12.5. The van der Waals surface area contributed by atoms with Crippen LogP contribution in [0.1, 0.15) is 44.6 Å². The number of carbonyl (C=O) groups is 1. The van der Waals surface area contributed by atoms with Gasteiger partial charge in [0.25, 0.3) is 0 Å². The molecule has 1 saturated carbocycles. The van der Waals surface area contributed by atoms with E-state index in [0.717, 1.165) is 29.4 Å². The van der Waals surface area contributed by atoms with E-state index in [9.17, 15) is 4.79 Å². The molecule has 1 unspecified atom stereocenters. The Morgan fingerprint density at radius 2 is 1.88 bits per heavy atom. The summed E-state index contributed by atoms with van der Waals surface area (Å²) in [6.07, 6.45) is 5.93. The number of rotatable bonds is 5. The Morgan fingerprint density at radius 3 is 2.56 bits per heavy atom. The number of thioether (sulfide) groups is 1. The van der Waals surface area contributed by atoms with Crippen molar-refractivity contribution in [2.75, 3.05) is 0 Å². The van der Waals surface area contributed by atoms with Gasteiger partial charge in [-0.15, -0.1) is 10.2 Å². The Morgan fingerprint density at radius 1 is 1.20 bits per heavy atom. The van der Waals surface area contributed by atoms with Crippen molar-refractivity contribution < 1.29 is 4.79 Å². The molecule has 5 nitrogen and oxygen atoms in total. The van der Waals surface area contributed by atoms with Crippen molar-refractivity contribution in [1.82, 2.24) is 20.1 Å². The molecule has 3 rings (SSSR count). The molecule has 1 fully saturated rings. The molecule has 1 heterocycles. The average molecular weight is 359 g/mol. The molecule has 0 saturated heterocycles. The summed E-state index contributed by atoms with van der Waals surface area (Å²) in [5.41, 5.74) is 2.25. The second-order valence-corrected chi connectivity index (χ2v) is 8.14. The zero-order valence-electron chi connectivity index (χ0n) is 15.2. The van der Waals surface area contributed by atoms with E-state index in [4.69, 9.17) is 0 Å². The lowest BCUT2D eigenvalue weighted by Crippen LogP contribution is -2.40. The van der Waals surface area contributed by atoms with E-state index in [1.165, 1.54) is 36.6 Å². The van der Waals surface area contributed by atoms with Crippen molar-refractivity contribution in [3.05, 3.63) is 29.8 Å². The van der Waals surface area contributed by atoms with Crippen LogP contribution in [0.25, 0.3) is 11.4 Å². The van der Waals surface area contributed by atoms with Crippen molar-refractivity contribution in [1.29, 1.82) is 0 Å². The monoisotopic (exact) mass is 358 g/mol. The van der Waals surface area contributed by atoms with Crippen molar-refractivity contribution >= 4 is 17.7 Å². The van der Waals surface area contributed by atoms with Crippen LogP contribution in [0.5, 0.6) is 0 Å². The Bertz CT molecular complexity index is 720. The molecule has 1 aliphatic carbocycles. The standard InChI is InChI=1S/C19H26N4OS/c1-13-9-11-15(12-10-13)17-21-22-19(23(17)3)25-14(2)18(24)20-16-7-5-4-6-8-16/h9-12,14,16H,4-8H2,1-3H3,(H,20,24). The van der Waals surface area contributed by atoms with E-state index < -0.39 is 0 Å². The van der Waals surface area contributed by atoms with Gasteiger partial charge < -0.3 is 9.88 Å². The van der Waals surface area contributed by atoms with Crippen LogP contribution >= 0.6 is 11.8 Å². The number of nitrogens with one attached hydrogen (secondary N) is 1. The van der Waals surface area contributed by atoms with Crippen LogP contribution < -0.4 is 5.32 Å². The molecule has 25 heavy (non-hydrogen) atoms. The summed E-state index contributed by atoms with van der Waals surface area (Å²) < 4.78 is 1.96. The summed E-state index contributed by atoms with van der Waals surface area (Å²) in [7, 11) is 1.95. The summed E-state index contributed by atoms with van der Waals surface area (Å²) in [6.45, 7) is 4.00. The predicted octanol–water partition coefficient (Wildman–Crippen LogP) is 3.72. The van der Waals surface area contributed by atoms with E-state index in [2.05, 4.69) is 34.6 Å². The maximum absolute atomic E-state index is 12.5. The quantitative estimate of drug-likeness (QED) is 0.828. The fourth-order valence-corrected chi connectivity index (χ4v) is 3.97. The molecule has 1 aliphatic rings. The molecule has 1 aromatic heterocycles. The van der Waals surface area contributed by atoms with Crippen LogP contribution in [0.3, 0.4) is 0 Å². The molecular formula is C19H26N4OS. The maximum Gasteiger partial charge on any atom is 0.233 e. The normalized spacial score (nSPS) is 16.6. The number of benzene rings is 1. The molecular weight excluding hydrogens is 332 g/mol. The molecule has 1 amide bonds. The first-order chi connectivity index (χ1) is 12.0. The number of hydrogen-bond donors (Lipinski definition) is 1. The van der Waals surface area contributed by atoms with Gasteiger partial charge in [-0.3, -0.25) is 4.79 Å². The van der Waals surface area contributed by atoms with Gasteiger partial charge in [0.2, 0.25) is 5.91 Å². The van der Waals surface area contributed by atoms with Crippen LogP contribution in [-0.4, -0.2) is 32.0 Å². The molecule has 2 aromatic rings. The zero-order chi connectivity index (χ0) is 17.8. The van der Waals surface area contributed by atoms with Crippen LogP contribution in [0.2, 0.25) is 0 Å². The summed E-state index contributed by atoms with van der Waals surface area (Å²) in [5, 5.41) is 12.4. The third-order valence-corrected chi connectivity index (χ3v) is 5.88. The molecule has 1 atom stereocenters. The van der Waals surface area contributed by atoms with Crippen LogP contribution in [-0.2, 0) is 11.8 Å². The van der Waals surface area contributed by atoms with Crippen molar-refractivity contribution in [2.24, 2.45) is 7.05 Å². The first-order valence-corrected chi connectivity index (χ1v) is 9.86. The third-order valence-electron chi connectivity index (χ3n) is 4.75. The lowest BCUT2D eigenvalue weighted by molar-refractivity contribution is -0.121. The highest BCUT2D eigenvalue weighted by atomic mass is 32.2. The van der Waals surface area contributed by atoms with Crippen molar-refractivity contribution in [2.45, 2.75) is 62.4 Å². The Hall–Kier alpha value is -1.82. The Labute approximate surface area is 153 Å². The smallest absolute Gasteiger partial charge is 0.233 e. The lowest BCUT2D eigenvalue weighted by Gasteiger charge is -2.24. The molecule has 0 spiro atoms. The minimum Gasteiger partial charge on any atom is -0.352 e. The minimum absolute atomic E-state index is 0.0942. The lowest BCUT2D eigenvalue weighted by atomic mass is 9.95. The molecule has 1 aromatic carbocycles. The van der Waals surface area contributed by atoms with Gasteiger partial charge in [0.05, 0.1) is 5.25 Å². The highest BCUT2D eigenvalue weighted by Crippen LogP contribution is 2.26. The van der Waals surface area contributed by atoms with Gasteiger partial charge in [-0.05, 0) is 26.7 Å². The van der Waals surface area contributed by atoms with E-state index in [-0.39, 0.29) is 11.2 Å². The molecule has 0 bridgehead atoms. The van der Waals surface area contributed by atoms with Gasteiger partial charge in [0, 0.05) is 18.7 Å². The van der Waals surface area contributed by atoms with Crippen LogP contribution in [0.4, 0.5) is 0 Å². The summed E-state index contributed by atoms with van der Waals surface area (Å²) in [6, 6.07) is 8.57. The Kier molecular flexibility index (Phi) is 5.78. The number of amides is 1. The molecule has 134 valence electrons. The molecule has 0 radical (unpaired) electrons. The highest BCUT2D eigenvalue weighted by Gasteiger charge is 2.22. The fourth-order valence-electron chi connectivity index (χ4n) is 3.15. The number of aromatic nitrogens is 3. The minimum atomic E-state index is -0.185. The predicted molar refractivity (Wildman–Crippen MR) is 102 cm³/mol. The van der Waals surface area contributed by atoms with Gasteiger partial charge in [-0.25, -0.2) is 0 Å². The second-order valence-electron chi connectivity index (χ2n) is 6.83. The van der Waals surface area contributed by atoms with Gasteiger partial charge in [0.1, 0.15) is 0 Å². The summed E-state index contributed by atoms with van der Waals surface area (Å²) in [4.78, 5) is 12.5. The van der Waals surface area contributed by atoms with Crippen molar-refractivity contribution in [3.8, 4) is 11.4 Å². The molecule has 0 aliphatic heterocycles. The average Bonchev–Trinajstić information content (AvgIpc) is 2.97. The van der Waals surface area contributed by atoms with Gasteiger partial charge in [0.15, 0.2) is 11.0 Å². The Balaban J connectivity index is 1.64. The van der Waals surface area contributed by atoms with Crippen LogP contribution in [0.15, 0.2) is 29.4 Å². The van der Waals surface area contributed by atoms with Crippen LogP contribution in [0, 0.1) is 6.92 Å². The van der Waals surface area contributed by atoms with Gasteiger partial charge in [-0.1, -0.05) is 60.9 Å². The second kappa shape index (κ2) is 8.04. The zero-order valence-corrected chi connectivity index (χ0v) is 16.0. The van der Waals surface area contributed by atoms with E-state index in [0.29, 0.717) is 6.04 Å². The number of carbonyl (C=O) groups excluding carboxylic acids is 1. The third kappa shape index (κ3) is 4.42. The number of aryl methyl sites for hydroxylation is 1. The molecule has 1 N–H and O–H groups in total. The van der Waals surface area contributed by atoms with E-state index in [1.54, 1.807) is 0 Å². The van der Waals surface area contributed by atoms with E-state index >= 15 is 0 Å². The highest BCUT2D eigenvalue weighted by molar-refractivity contribution is 8.00. The van der Waals surface area contributed by atoms with Gasteiger partial charge in [-0.2, -0.15) is 0 Å². The fraction of sp³-hybridized carbons (Fsp3) is 0.526. The first-order valence-electron chi connectivity index (χ1n) is 8.98. The molecule has 6 heteroatoms. The number of hydrogen-bond acceptors (Lipinski definition) is 4. The topological polar surface area (TPSA) is 59.8 Å². The largest absolute Gasteiger partial charge is 0.352 e.